The lowest BCUT2D eigenvalue weighted by atomic mass is 10.3. The fourth-order valence-corrected chi connectivity index (χ4v) is 1.01. The van der Waals surface area contributed by atoms with Crippen LogP contribution >= 0.6 is 0 Å². The predicted octanol–water partition coefficient (Wildman–Crippen LogP) is 1.24. The highest BCUT2D eigenvalue weighted by atomic mass is 16.6. The maximum atomic E-state index is 5.40. The molecule has 1 aliphatic heterocycles. The van der Waals surface area contributed by atoms with Gasteiger partial charge in [-0.3, -0.25) is 0 Å². The molecule has 0 spiro atoms. The van der Waals surface area contributed by atoms with Crippen molar-refractivity contribution in [2.75, 3.05) is 6.61 Å². The van der Waals surface area contributed by atoms with E-state index >= 15 is 0 Å². The summed E-state index contributed by atoms with van der Waals surface area (Å²) in [6.07, 6.45) is 1.80. The van der Waals surface area contributed by atoms with Crippen LogP contribution in [0.3, 0.4) is 0 Å². The van der Waals surface area contributed by atoms with Crippen molar-refractivity contribution in [3.8, 4) is 11.6 Å². The Morgan fingerprint density at radius 1 is 1.64 bits per heavy atom. The number of hydrogen-bond acceptors (Lipinski definition) is 3. The third-order valence-corrected chi connectivity index (χ3v) is 1.52. The summed E-state index contributed by atoms with van der Waals surface area (Å²) in [4.78, 5) is 4.02. The van der Waals surface area contributed by atoms with E-state index in [2.05, 4.69) is 4.98 Å². The third kappa shape index (κ3) is 1.13. The zero-order valence-corrected chi connectivity index (χ0v) is 6.28. The Balaban J connectivity index is 2.34. The minimum absolute atomic E-state index is 0.109. The van der Waals surface area contributed by atoms with Crippen molar-refractivity contribution in [1.29, 1.82) is 0 Å². The van der Waals surface area contributed by atoms with Crippen molar-refractivity contribution in [3.05, 3.63) is 18.3 Å². The van der Waals surface area contributed by atoms with Crippen molar-refractivity contribution in [3.63, 3.8) is 0 Å². The van der Waals surface area contributed by atoms with Gasteiger partial charge in [-0.1, -0.05) is 0 Å². The van der Waals surface area contributed by atoms with Crippen LogP contribution in [0.15, 0.2) is 18.3 Å². The minimum atomic E-state index is 0.109. The molecule has 58 valence electrons. The summed E-state index contributed by atoms with van der Waals surface area (Å²) < 4.78 is 10.7. The summed E-state index contributed by atoms with van der Waals surface area (Å²) in [5.41, 5.74) is 0. The van der Waals surface area contributed by atoms with Crippen LogP contribution in [0.25, 0.3) is 0 Å². The molecule has 1 aromatic rings. The molecule has 1 aromatic heterocycles. The molecule has 3 heteroatoms. The Kier molecular flexibility index (Phi) is 1.42. The first-order valence-electron chi connectivity index (χ1n) is 3.61. The Morgan fingerprint density at radius 2 is 2.55 bits per heavy atom. The zero-order valence-electron chi connectivity index (χ0n) is 6.28. The van der Waals surface area contributed by atoms with Crippen molar-refractivity contribution < 1.29 is 9.47 Å². The molecule has 0 amide bonds. The van der Waals surface area contributed by atoms with E-state index in [0.717, 1.165) is 5.75 Å². The standard InChI is InChI=1S/C8H9NO2/c1-6-5-10-7-3-2-4-9-8(7)11-6/h2-4,6H,5H2,1H3/t6-/m1/s1. The minimum Gasteiger partial charge on any atom is -0.484 e. The molecule has 0 aliphatic carbocycles. The van der Waals surface area contributed by atoms with Gasteiger partial charge >= 0.3 is 0 Å². The second kappa shape index (κ2) is 2.42. The highest BCUT2D eigenvalue weighted by Gasteiger charge is 2.16. The summed E-state index contributed by atoms with van der Waals surface area (Å²) in [5.74, 6) is 1.34. The molecule has 0 radical (unpaired) electrons. The van der Waals surface area contributed by atoms with Crippen LogP contribution in [0.4, 0.5) is 0 Å². The fraction of sp³-hybridized carbons (Fsp3) is 0.375. The van der Waals surface area contributed by atoms with Crippen molar-refractivity contribution in [2.24, 2.45) is 0 Å². The summed E-state index contributed by atoms with van der Waals surface area (Å²) in [5, 5.41) is 0. The van der Waals surface area contributed by atoms with Gasteiger partial charge in [-0.05, 0) is 19.1 Å². The number of nitrogens with zero attached hydrogens (tertiary/aromatic N) is 1. The third-order valence-electron chi connectivity index (χ3n) is 1.52. The van der Waals surface area contributed by atoms with Gasteiger partial charge in [0.15, 0.2) is 5.75 Å². The van der Waals surface area contributed by atoms with Crippen LogP contribution in [-0.4, -0.2) is 17.7 Å². The first-order valence-corrected chi connectivity index (χ1v) is 3.61. The molecule has 0 bridgehead atoms. The largest absolute Gasteiger partial charge is 0.484 e. The number of fused-ring (bicyclic) bond motifs is 1. The summed E-state index contributed by atoms with van der Waals surface area (Å²) in [6, 6.07) is 3.69. The van der Waals surface area contributed by atoms with Crippen LogP contribution in [-0.2, 0) is 0 Å². The van der Waals surface area contributed by atoms with E-state index < -0.39 is 0 Å². The summed E-state index contributed by atoms with van der Waals surface area (Å²) >= 11 is 0. The van der Waals surface area contributed by atoms with E-state index in [0.29, 0.717) is 12.5 Å². The molecule has 1 aliphatic rings. The van der Waals surface area contributed by atoms with Gasteiger partial charge < -0.3 is 9.47 Å². The molecule has 0 saturated carbocycles. The zero-order chi connectivity index (χ0) is 7.68. The van der Waals surface area contributed by atoms with Gasteiger partial charge in [0.05, 0.1) is 0 Å². The van der Waals surface area contributed by atoms with E-state index in [1.807, 2.05) is 19.1 Å². The molecule has 1 atom stereocenters. The molecule has 11 heavy (non-hydrogen) atoms. The van der Waals surface area contributed by atoms with Crippen LogP contribution < -0.4 is 9.47 Å². The second-order valence-electron chi connectivity index (χ2n) is 2.55. The SMILES string of the molecule is C[C@@H]1COc2cccnc2O1. The van der Waals surface area contributed by atoms with Gasteiger partial charge in [0.1, 0.15) is 12.7 Å². The molecule has 2 rings (SSSR count). The molecule has 0 N–H and O–H groups in total. The van der Waals surface area contributed by atoms with Crippen molar-refractivity contribution in [2.45, 2.75) is 13.0 Å². The number of rotatable bonds is 0. The van der Waals surface area contributed by atoms with Gasteiger partial charge in [0.2, 0.25) is 0 Å². The molecular weight excluding hydrogens is 142 g/mol. The molecule has 0 unspecified atom stereocenters. The summed E-state index contributed by atoms with van der Waals surface area (Å²) in [7, 11) is 0. The predicted molar refractivity (Wildman–Crippen MR) is 39.8 cm³/mol. The van der Waals surface area contributed by atoms with E-state index in [9.17, 15) is 0 Å². The average molecular weight is 151 g/mol. The average Bonchev–Trinajstić information content (AvgIpc) is 2.04. The smallest absolute Gasteiger partial charge is 0.257 e. The quantitative estimate of drug-likeness (QED) is 0.559. The topological polar surface area (TPSA) is 31.4 Å². The lowest BCUT2D eigenvalue weighted by Gasteiger charge is -2.22. The molecule has 3 nitrogen and oxygen atoms in total. The highest BCUT2D eigenvalue weighted by molar-refractivity contribution is 5.33. The Hall–Kier alpha value is -1.25. The maximum Gasteiger partial charge on any atom is 0.257 e. The van der Waals surface area contributed by atoms with Gasteiger partial charge in [-0.15, -0.1) is 0 Å². The van der Waals surface area contributed by atoms with Crippen LogP contribution in [0.1, 0.15) is 6.92 Å². The van der Waals surface area contributed by atoms with E-state index in [1.165, 1.54) is 0 Å². The van der Waals surface area contributed by atoms with Gasteiger partial charge in [-0.2, -0.15) is 0 Å². The molecule has 0 aromatic carbocycles. The van der Waals surface area contributed by atoms with Crippen LogP contribution in [0, 0.1) is 0 Å². The monoisotopic (exact) mass is 151 g/mol. The molecule has 0 saturated heterocycles. The van der Waals surface area contributed by atoms with Crippen molar-refractivity contribution >= 4 is 0 Å². The lowest BCUT2D eigenvalue weighted by Crippen LogP contribution is -2.26. The Morgan fingerprint density at radius 3 is 3.45 bits per heavy atom. The first kappa shape index (κ1) is 6.46. The second-order valence-corrected chi connectivity index (χ2v) is 2.55. The van der Waals surface area contributed by atoms with Crippen LogP contribution in [0.5, 0.6) is 11.6 Å². The van der Waals surface area contributed by atoms with E-state index in [1.54, 1.807) is 6.20 Å². The maximum absolute atomic E-state index is 5.40. The van der Waals surface area contributed by atoms with Gasteiger partial charge in [0, 0.05) is 6.20 Å². The lowest BCUT2D eigenvalue weighted by molar-refractivity contribution is 0.0978. The molecule has 2 heterocycles. The molecule has 0 fully saturated rings. The fourth-order valence-electron chi connectivity index (χ4n) is 1.01. The highest BCUT2D eigenvalue weighted by Crippen LogP contribution is 2.27. The van der Waals surface area contributed by atoms with Gasteiger partial charge in [-0.25, -0.2) is 4.98 Å². The number of pyridine rings is 1. The summed E-state index contributed by atoms with van der Waals surface area (Å²) in [6.45, 7) is 2.57. The van der Waals surface area contributed by atoms with E-state index in [4.69, 9.17) is 9.47 Å². The number of ether oxygens (including phenoxy) is 2. The Bertz CT molecular complexity index is 262. The van der Waals surface area contributed by atoms with E-state index in [-0.39, 0.29) is 6.10 Å². The number of hydrogen-bond donors (Lipinski definition) is 0. The molecular formula is C8H9NO2. The van der Waals surface area contributed by atoms with Gasteiger partial charge in [0.25, 0.3) is 5.88 Å². The Labute approximate surface area is 65.0 Å². The van der Waals surface area contributed by atoms with Crippen LogP contribution in [0.2, 0.25) is 0 Å². The number of aromatic nitrogens is 1. The first-order chi connectivity index (χ1) is 5.36. The van der Waals surface area contributed by atoms with Crippen molar-refractivity contribution in [1.82, 2.24) is 4.98 Å². The normalized spacial score (nSPS) is 21.4.